The van der Waals surface area contributed by atoms with Crippen molar-refractivity contribution in [2.24, 2.45) is 0 Å². The normalized spacial score (nSPS) is 11.2. The zero-order chi connectivity index (χ0) is 12.0. The number of nitrogens with zero attached hydrogens (tertiary/aromatic N) is 1. The zero-order valence-electron chi connectivity index (χ0n) is 10.2. The second-order valence-electron chi connectivity index (χ2n) is 5.04. The molecule has 1 rings (SSSR count). The molecule has 0 saturated heterocycles. The molecule has 0 aromatic carbocycles. The lowest BCUT2D eigenvalue weighted by Crippen LogP contribution is -2.21. The van der Waals surface area contributed by atoms with E-state index in [0.29, 0.717) is 6.42 Å². The quantitative estimate of drug-likeness (QED) is 0.584. The molecule has 0 spiro atoms. The van der Waals surface area contributed by atoms with Crippen molar-refractivity contribution in [1.82, 2.24) is 4.98 Å². The van der Waals surface area contributed by atoms with E-state index in [1.807, 2.05) is 18.2 Å². The molecule has 1 heterocycles. The van der Waals surface area contributed by atoms with Crippen LogP contribution in [0.15, 0.2) is 24.4 Å². The average molecular weight is 237 g/mol. The summed E-state index contributed by atoms with van der Waals surface area (Å²) in [5, 5.41) is 0. The van der Waals surface area contributed by atoms with Crippen molar-refractivity contribution in [3.05, 3.63) is 30.1 Å². The van der Waals surface area contributed by atoms with Crippen LogP contribution in [0.2, 0.25) is 25.7 Å². The molecule has 0 radical (unpaired) electrons. The third kappa shape index (κ3) is 5.65. The van der Waals surface area contributed by atoms with Gasteiger partial charge in [-0.15, -0.1) is 0 Å². The van der Waals surface area contributed by atoms with Gasteiger partial charge < -0.3 is 4.74 Å². The van der Waals surface area contributed by atoms with Crippen molar-refractivity contribution in [2.75, 3.05) is 0 Å². The van der Waals surface area contributed by atoms with E-state index in [4.69, 9.17) is 4.74 Å². The molecule has 3 nitrogen and oxygen atoms in total. The maximum Gasteiger partial charge on any atom is 0.305 e. The fraction of sp³-hybridized carbons (Fsp3) is 0.500. The molecule has 0 N–H and O–H groups in total. The first-order valence-corrected chi connectivity index (χ1v) is 9.24. The minimum atomic E-state index is -1.14. The van der Waals surface area contributed by atoms with Crippen LogP contribution in [0.1, 0.15) is 12.1 Å². The average Bonchev–Trinajstić information content (AvgIpc) is 2.24. The number of carbonyl (C=O) groups is 1. The first-order chi connectivity index (χ1) is 7.47. The number of hydrogen-bond donors (Lipinski definition) is 0. The molecule has 0 bridgehead atoms. The van der Waals surface area contributed by atoms with Crippen molar-refractivity contribution in [1.29, 1.82) is 0 Å². The van der Waals surface area contributed by atoms with Gasteiger partial charge in [-0.25, -0.2) is 0 Å². The van der Waals surface area contributed by atoms with E-state index in [-0.39, 0.29) is 12.6 Å². The van der Waals surface area contributed by atoms with Gasteiger partial charge in [0, 0.05) is 20.7 Å². The summed E-state index contributed by atoms with van der Waals surface area (Å²) in [6.45, 7) is 7.03. The summed E-state index contributed by atoms with van der Waals surface area (Å²) >= 11 is 0. The Kier molecular flexibility index (Phi) is 4.67. The van der Waals surface area contributed by atoms with Crippen molar-refractivity contribution >= 4 is 14.0 Å². The molecule has 0 aliphatic rings. The summed E-state index contributed by atoms with van der Waals surface area (Å²) in [4.78, 5) is 15.5. The standard InChI is InChI=1S/C12H19NO2Si/c1-16(2,3)9-7-12(14)15-10-11-6-4-5-8-13-11/h4-6,8H,7,9-10H2,1-3H3. The van der Waals surface area contributed by atoms with Gasteiger partial charge in [0.15, 0.2) is 0 Å². The van der Waals surface area contributed by atoms with Crippen LogP contribution in [0.3, 0.4) is 0 Å². The first-order valence-electron chi connectivity index (χ1n) is 5.53. The van der Waals surface area contributed by atoms with E-state index in [1.54, 1.807) is 6.20 Å². The van der Waals surface area contributed by atoms with Crippen LogP contribution >= 0.6 is 0 Å². The Morgan fingerprint density at radius 3 is 2.69 bits per heavy atom. The largest absolute Gasteiger partial charge is 0.459 e. The number of ether oxygens (including phenoxy) is 1. The van der Waals surface area contributed by atoms with Gasteiger partial charge in [-0.05, 0) is 18.2 Å². The molecule has 0 fully saturated rings. The Morgan fingerprint density at radius 1 is 1.38 bits per heavy atom. The maximum atomic E-state index is 11.4. The highest BCUT2D eigenvalue weighted by Crippen LogP contribution is 2.11. The highest BCUT2D eigenvalue weighted by Gasteiger charge is 2.15. The second-order valence-corrected chi connectivity index (χ2v) is 10.7. The predicted octanol–water partition coefficient (Wildman–Crippen LogP) is 2.85. The van der Waals surface area contributed by atoms with E-state index < -0.39 is 8.07 Å². The molecule has 0 aliphatic heterocycles. The zero-order valence-corrected chi connectivity index (χ0v) is 11.2. The lowest BCUT2D eigenvalue weighted by Gasteiger charge is -2.14. The van der Waals surface area contributed by atoms with E-state index in [9.17, 15) is 4.79 Å². The molecule has 0 atom stereocenters. The molecule has 0 aliphatic carbocycles. The van der Waals surface area contributed by atoms with E-state index in [2.05, 4.69) is 24.6 Å². The number of rotatable bonds is 5. The molecular formula is C12H19NO2Si. The monoisotopic (exact) mass is 237 g/mol. The van der Waals surface area contributed by atoms with Crippen molar-refractivity contribution in [3.8, 4) is 0 Å². The Hall–Kier alpha value is -1.16. The topological polar surface area (TPSA) is 39.2 Å². The van der Waals surface area contributed by atoms with Gasteiger partial charge in [-0.2, -0.15) is 0 Å². The summed E-state index contributed by atoms with van der Waals surface area (Å²) < 4.78 is 5.14. The van der Waals surface area contributed by atoms with Crippen LogP contribution in [-0.2, 0) is 16.1 Å². The molecule has 88 valence electrons. The third-order valence-corrected chi connectivity index (χ3v) is 3.94. The third-order valence-electron chi connectivity index (χ3n) is 2.19. The molecule has 1 aromatic rings. The smallest absolute Gasteiger partial charge is 0.305 e. The number of carbonyl (C=O) groups excluding carboxylic acids is 1. The Morgan fingerprint density at radius 2 is 2.12 bits per heavy atom. The van der Waals surface area contributed by atoms with Crippen LogP contribution in [0.5, 0.6) is 0 Å². The summed E-state index contributed by atoms with van der Waals surface area (Å²) in [6.07, 6.45) is 2.23. The second kappa shape index (κ2) is 5.79. The Labute approximate surface area is 97.9 Å². The van der Waals surface area contributed by atoms with E-state index in [1.165, 1.54) is 0 Å². The Balaban J connectivity index is 2.26. The molecule has 0 unspecified atom stereocenters. The van der Waals surface area contributed by atoms with Gasteiger partial charge >= 0.3 is 5.97 Å². The van der Waals surface area contributed by atoms with E-state index in [0.717, 1.165) is 11.7 Å². The molecule has 16 heavy (non-hydrogen) atoms. The number of esters is 1. The minimum absolute atomic E-state index is 0.118. The van der Waals surface area contributed by atoms with E-state index >= 15 is 0 Å². The minimum Gasteiger partial charge on any atom is -0.459 e. The van der Waals surface area contributed by atoms with Crippen LogP contribution in [0, 0.1) is 0 Å². The van der Waals surface area contributed by atoms with Gasteiger partial charge in [-0.3, -0.25) is 9.78 Å². The van der Waals surface area contributed by atoms with Crippen LogP contribution in [-0.4, -0.2) is 19.0 Å². The fourth-order valence-corrected chi connectivity index (χ4v) is 2.14. The lowest BCUT2D eigenvalue weighted by atomic mass is 10.4. The molecule has 0 amide bonds. The fourth-order valence-electron chi connectivity index (χ4n) is 1.19. The molecule has 0 saturated carbocycles. The number of aromatic nitrogens is 1. The van der Waals surface area contributed by atoms with Gasteiger partial charge in [0.05, 0.1) is 5.69 Å². The van der Waals surface area contributed by atoms with Crippen LogP contribution in [0.25, 0.3) is 0 Å². The maximum absolute atomic E-state index is 11.4. The predicted molar refractivity (Wildman–Crippen MR) is 66.8 cm³/mol. The van der Waals surface area contributed by atoms with Crippen molar-refractivity contribution in [2.45, 2.75) is 38.7 Å². The summed E-state index contributed by atoms with van der Waals surface area (Å²) in [7, 11) is -1.14. The summed E-state index contributed by atoms with van der Waals surface area (Å²) in [5.41, 5.74) is 0.795. The first kappa shape index (κ1) is 12.9. The number of pyridine rings is 1. The van der Waals surface area contributed by atoms with Crippen molar-refractivity contribution in [3.63, 3.8) is 0 Å². The highest BCUT2D eigenvalue weighted by atomic mass is 28.3. The van der Waals surface area contributed by atoms with Gasteiger partial charge in [-0.1, -0.05) is 25.7 Å². The molecular weight excluding hydrogens is 218 g/mol. The summed E-state index contributed by atoms with van der Waals surface area (Å²) in [6, 6.07) is 6.56. The highest BCUT2D eigenvalue weighted by molar-refractivity contribution is 6.76. The molecule has 4 heteroatoms. The van der Waals surface area contributed by atoms with Crippen LogP contribution < -0.4 is 0 Å². The van der Waals surface area contributed by atoms with Gasteiger partial charge in [0.25, 0.3) is 0 Å². The van der Waals surface area contributed by atoms with Crippen molar-refractivity contribution < 1.29 is 9.53 Å². The summed E-state index contributed by atoms with van der Waals surface area (Å²) in [5.74, 6) is -0.118. The van der Waals surface area contributed by atoms with Gasteiger partial charge in [0.2, 0.25) is 0 Å². The molecule has 1 aromatic heterocycles. The number of hydrogen-bond acceptors (Lipinski definition) is 3. The van der Waals surface area contributed by atoms with Crippen LogP contribution in [0.4, 0.5) is 0 Å². The SMILES string of the molecule is C[Si](C)(C)CCC(=O)OCc1ccccn1. The lowest BCUT2D eigenvalue weighted by molar-refractivity contribution is -0.144. The van der Waals surface area contributed by atoms with Gasteiger partial charge in [0.1, 0.15) is 6.61 Å². The Bertz CT molecular complexity index is 333.